The molecule has 0 aromatic carbocycles. The molecule has 1 fully saturated rings. The van der Waals surface area contributed by atoms with Gasteiger partial charge in [-0.05, 0) is 52.9 Å². The lowest BCUT2D eigenvalue weighted by molar-refractivity contribution is 0.556. The van der Waals surface area contributed by atoms with Gasteiger partial charge in [-0.2, -0.15) is 0 Å². The van der Waals surface area contributed by atoms with Crippen LogP contribution in [0.2, 0.25) is 0 Å². The first-order chi connectivity index (χ1) is 8.72. The molecule has 18 heavy (non-hydrogen) atoms. The van der Waals surface area contributed by atoms with Crippen molar-refractivity contribution in [3.05, 3.63) is 29.0 Å². The average Bonchev–Trinajstić information content (AvgIpc) is 3.16. The number of pyridine rings is 2. The van der Waals surface area contributed by atoms with E-state index in [-0.39, 0.29) is 0 Å². The Bertz CT molecular complexity index is 580. The van der Waals surface area contributed by atoms with Gasteiger partial charge in [0.15, 0.2) is 0 Å². The van der Waals surface area contributed by atoms with Crippen LogP contribution >= 0.6 is 15.9 Å². The normalized spacial score (nSPS) is 16.8. The minimum atomic E-state index is 0.310. The van der Waals surface area contributed by atoms with Gasteiger partial charge < -0.3 is 11.1 Å². The molecule has 2 heterocycles. The van der Waals surface area contributed by atoms with Crippen molar-refractivity contribution in [2.45, 2.75) is 12.8 Å². The van der Waals surface area contributed by atoms with Crippen molar-refractivity contribution in [3.8, 4) is 0 Å². The van der Waals surface area contributed by atoms with Crippen LogP contribution in [0.15, 0.2) is 29.0 Å². The molecule has 0 saturated heterocycles. The molecule has 4 nitrogen and oxygen atoms in total. The highest BCUT2D eigenvalue weighted by molar-refractivity contribution is 9.10. The fourth-order valence-electron chi connectivity index (χ4n) is 2.06. The molecule has 3 rings (SSSR count). The quantitative estimate of drug-likeness (QED) is 0.911. The van der Waals surface area contributed by atoms with Gasteiger partial charge in [-0.25, -0.2) is 0 Å². The number of hydrogen-bond acceptors (Lipinski definition) is 4. The van der Waals surface area contributed by atoms with E-state index in [4.69, 9.17) is 5.73 Å². The smallest absolute Gasteiger partial charge is 0.112 e. The van der Waals surface area contributed by atoms with Crippen molar-refractivity contribution in [2.24, 2.45) is 11.1 Å². The fourth-order valence-corrected chi connectivity index (χ4v) is 2.38. The van der Waals surface area contributed by atoms with Gasteiger partial charge in [0.05, 0.1) is 11.2 Å². The predicted octanol–water partition coefficient (Wildman–Crippen LogP) is 2.54. The summed E-state index contributed by atoms with van der Waals surface area (Å²) in [4.78, 5) is 8.75. The van der Waals surface area contributed by atoms with Crippen LogP contribution in [0.1, 0.15) is 12.8 Å². The topological polar surface area (TPSA) is 63.8 Å². The van der Waals surface area contributed by atoms with Gasteiger partial charge in [0.1, 0.15) is 5.52 Å². The summed E-state index contributed by atoms with van der Waals surface area (Å²) in [6.07, 6.45) is 6.04. The molecule has 3 N–H and O–H groups in total. The second-order valence-corrected chi connectivity index (χ2v) is 5.85. The molecular formula is C13H15BrN4. The predicted molar refractivity (Wildman–Crippen MR) is 76.4 cm³/mol. The summed E-state index contributed by atoms with van der Waals surface area (Å²) in [7, 11) is 0. The summed E-state index contributed by atoms with van der Waals surface area (Å²) >= 11 is 3.41. The summed E-state index contributed by atoms with van der Waals surface area (Å²) in [6, 6.07) is 3.94. The van der Waals surface area contributed by atoms with Gasteiger partial charge >= 0.3 is 0 Å². The van der Waals surface area contributed by atoms with E-state index >= 15 is 0 Å². The Morgan fingerprint density at radius 1 is 1.39 bits per heavy atom. The molecule has 0 bridgehead atoms. The number of halogens is 1. The molecular weight excluding hydrogens is 292 g/mol. The fraction of sp³-hybridized carbons (Fsp3) is 0.385. The van der Waals surface area contributed by atoms with E-state index in [1.807, 2.05) is 12.1 Å². The largest absolute Gasteiger partial charge is 0.383 e. The minimum absolute atomic E-state index is 0.310. The Labute approximate surface area is 114 Å². The van der Waals surface area contributed by atoms with Crippen molar-refractivity contribution < 1.29 is 0 Å². The van der Waals surface area contributed by atoms with Gasteiger partial charge in [-0.15, -0.1) is 0 Å². The Balaban J connectivity index is 1.87. The van der Waals surface area contributed by atoms with Gasteiger partial charge in [-0.1, -0.05) is 0 Å². The standard InChI is InChI=1S/C13H15BrN4/c14-9-5-11-12(17-6-9)10(1-4-16-11)18-8-13(7-15)2-3-13/h1,4-6H,2-3,7-8,15H2,(H,16,18). The summed E-state index contributed by atoms with van der Waals surface area (Å²) in [5.41, 5.74) is 8.94. The van der Waals surface area contributed by atoms with Gasteiger partial charge in [0.25, 0.3) is 0 Å². The number of rotatable bonds is 4. The van der Waals surface area contributed by atoms with E-state index in [2.05, 4.69) is 31.2 Å². The van der Waals surface area contributed by atoms with Crippen LogP contribution in [-0.2, 0) is 0 Å². The number of anilines is 1. The molecule has 0 unspecified atom stereocenters. The maximum atomic E-state index is 5.79. The molecule has 0 atom stereocenters. The van der Waals surface area contributed by atoms with Crippen LogP contribution in [0.3, 0.4) is 0 Å². The van der Waals surface area contributed by atoms with Gasteiger partial charge in [-0.3, -0.25) is 9.97 Å². The molecule has 0 spiro atoms. The number of fused-ring (bicyclic) bond motifs is 1. The second kappa shape index (κ2) is 4.48. The third kappa shape index (κ3) is 2.20. The maximum Gasteiger partial charge on any atom is 0.112 e. The highest BCUT2D eigenvalue weighted by Crippen LogP contribution is 2.44. The van der Waals surface area contributed by atoms with Crippen LogP contribution in [0.4, 0.5) is 5.69 Å². The zero-order chi connectivity index (χ0) is 12.6. The molecule has 1 aliphatic carbocycles. The SMILES string of the molecule is NCC1(CNc2ccnc3cc(Br)cnc23)CC1. The zero-order valence-electron chi connectivity index (χ0n) is 9.99. The molecule has 2 aromatic heterocycles. The lowest BCUT2D eigenvalue weighted by Crippen LogP contribution is -2.24. The van der Waals surface area contributed by atoms with E-state index in [0.717, 1.165) is 34.3 Å². The summed E-state index contributed by atoms with van der Waals surface area (Å²) in [6.45, 7) is 1.67. The summed E-state index contributed by atoms with van der Waals surface area (Å²) < 4.78 is 0.945. The maximum absolute atomic E-state index is 5.79. The first-order valence-electron chi connectivity index (χ1n) is 6.07. The van der Waals surface area contributed by atoms with Crippen LogP contribution in [-0.4, -0.2) is 23.1 Å². The molecule has 0 aliphatic heterocycles. The Morgan fingerprint density at radius 2 is 2.22 bits per heavy atom. The summed E-state index contributed by atoms with van der Waals surface area (Å²) in [5, 5.41) is 3.46. The van der Waals surface area contributed by atoms with Crippen molar-refractivity contribution in [3.63, 3.8) is 0 Å². The van der Waals surface area contributed by atoms with Gasteiger partial charge in [0.2, 0.25) is 0 Å². The van der Waals surface area contributed by atoms with Crippen molar-refractivity contribution in [1.29, 1.82) is 0 Å². The van der Waals surface area contributed by atoms with E-state index in [0.29, 0.717) is 5.41 Å². The van der Waals surface area contributed by atoms with Gasteiger partial charge in [0, 0.05) is 23.4 Å². The van der Waals surface area contributed by atoms with Crippen molar-refractivity contribution >= 4 is 32.7 Å². The van der Waals surface area contributed by atoms with Crippen molar-refractivity contribution in [2.75, 3.05) is 18.4 Å². The number of hydrogen-bond donors (Lipinski definition) is 2. The van der Waals surface area contributed by atoms with E-state index < -0.39 is 0 Å². The molecule has 1 aliphatic rings. The average molecular weight is 307 g/mol. The molecule has 5 heteroatoms. The molecule has 94 valence electrons. The lowest BCUT2D eigenvalue weighted by atomic mass is 10.1. The van der Waals surface area contributed by atoms with Crippen LogP contribution in [0.5, 0.6) is 0 Å². The summed E-state index contributed by atoms with van der Waals surface area (Å²) in [5.74, 6) is 0. The number of nitrogens with zero attached hydrogens (tertiary/aromatic N) is 2. The third-order valence-corrected chi connectivity index (χ3v) is 4.02. The molecule has 2 aromatic rings. The van der Waals surface area contributed by atoms with Crippen LogP contribution in [0, 0.1) is 5.41 Å². The highest BCUT2D eigenvalue weighted by atomic mass is 79.9. The Hall–Kier alpha value is -1.20. The van der Waals surface area contributed by atoms with Crippen LogP contribution < -0.4 is 11.1 Å². The Morgan fingerprint density at radius 3 is 2.94 bits per heavy atom. The first kappa shape index (κ1) is 11.9. The Kier molecular flexibility index (Phi) is 2.95. The van der Waals surface area contributed by atoms with E-state index in [1.54, 1.807) is 12.4 Å². The number of nitrogens with two attached hydrogens (primary N) is 1. The highest BCUT2D eigenvalue weighted by Gasteiger charge is 2.40. The third-order valence-electron chi connectivity index (χ3n) is 3.59. The first-order valence-corrected chi connectivity index (χ1v) is 6.86. The van der Waals surface area contributed by atoms with E-state index in [9.17, 15) is 0 Å². The van der Waals surface area contributed by atoms with Crippen LogP contribution in [0.25, 0.3) is 11.0 Å². The molecule has 0 amide bonds. The van der Waals surface area contributed by atoms with Crippen molar-refractivity contribution in [1.82, 2.24) is 9.97 Å². The zero-order valence-corrected chi connectivity index (χ0v) is 11.6. The second-order valence-electron chi connectivity index (χ2n) is 4.94. The van der Waals surface area contributed by atoms with E-state index in [1.165, 1.54) is 12.8 Å². The number of aromatic nitrogens is 2. The number of nitrogens with one attached hydrogen (secondary N) is 1. The lowest BCUT2D eigenvalue weighted by Gasteiger charge is -2.15. The minimum Gasteiger partial charge on any atom is -0.383 e. The molecule has 0 radical (unpaired) electrons. The monoisotopic (exact) mass is 306 g/mol. The molecule has 1 saturated carbocycles.